The first-order chi connectivity index (χ1) is 14.3. The van der Waals surface area contributed by atoms with E-state index in [1.54, 1.807) is 0 Å². The number of hydrogen-bond donors (Lipinski definition) is 1. The lowest BCUT2D eigenvalue weighted by atomic mass is 9.96. The molecule has 0 bridgehead atoms. The molecule has 0 aliphatic carbocycles. The van der Waals surface area contributed by atoms with Gasteiger partial charge in [0.1, 0.15) is 6.04 Å². The van der Waals surface area contributed by atoms with Gasteiger partial charge in [-0.15, -0.1) is 5.10 Å². The van der Waals surface area contributed by atoms with Gasteiger partial charge in [0.25, 0.3) is 5.56 Å². The lowest BCUT2D eigenvalue weighted by Crippen LogP contribution is -2.40. The second-order valence-electron chi connectivity index (χ2n) is 9.21. The predicted molar refractivity (Wildman–Crippen MR) is 119 cm³/mol. The largest absolute Gasteiger partial charge is 0.322 e. The number of benzene rings is 1. The normalized spacial score (nSPS) is 16.8. The number of piperidine rings is 1. The summed E-state index contributed by atoms with van der Waals surface area (Å²) in [5.41, 5.74) is 3.61. The number of aromatic nitrogens is 5. The highest BCUT2D eigenvalue weighted by molar-refractivity contribution is 5.83. The summed E-state index contributed by atoms with van der Waals surface area (Å²) in [7, 11) is 0. The van der Waals surface area contributed by atoms with Gasteiger partial charge in [-0.3, -0.25) is 9.69 Å². The average molecular weight is 409 g/mol. The van der Waals surface area contributed by atoms with E-state index < -0.39 is 0 Å². The van der Waals surface area contributed by atoms with Crippen LogP contribution >= 0.6 is 0 Å². The number of aromatic amines is 1. The van der Waals surface area contributed by atoms with E-state index in [2.05, 4.69) is 72.2 Å². The molecule has 0 amide bonds. The number of likely N-dealkylation sites (tertiary alicyclic amines) is 1. The molecule has 0 spiro atoms. The van der Waals surface area contributed by atoms with Gasteiger partial charge in [-0.05, 0) is 93.7 Å². The van der Waals surface area contributed by atoms with Crippen molar-refractivity contribution < 1.29 is 0 Å². The molecule has 1 aliphatic heterocycles. The van der Waals surface area contributed by atoms with Crippen molar-refractivity contribution in [3.8, 4) is 0 Å². The van der Waals surface area contributed by atoms with Crippen molar-refractivity contribution in [1.29, 1.82) is 0 Å². The van der Waals surface area contributed by atoms with Gasteiger partial charge in [-0.1, -0.05) is 19.4 Å². The first-order valence-electron chi connectivity index (χ1n) is 11.0. The number of nitrogens with one attached hydrogen (secondary N) is 1. The summed E-state index contributed by atoms with van der Waals surface area (Å²) in [6.45, 7) is 12.4. The third-order valence-electron chi connectivity index (χ3n) is 6.57. The Morgan fingerprint density at radius 1 is 1.13 bits per heavy atom. The van der Waals surface area contributed by atoms with Crippen molar-refractivity contribution in [2.75, 3.05) is 13.1 Å². The Labute approximate surface area is 177 Å². The second kappa shape index (κ2) is 7.95. The quantitative estimate of drug-likeness (QED) is 0.694. The molecule has 3 heterocycles. The monoisotopic (exact) mass is 408 g/mol. The number of H-pyrrole nitrogens is 1. The highest BCUT2D eigenvalue weighted by Crippen LogP contribution is 2.32. The maximum Gasteiger partial charge on any atom is 0.253 e. The SMILES string of the molecule is CCC(C)(C)n1nnnc1C(c1cc2c(C)cc(C)cc2[nH]c1=O)N1CCCCC1. The zero-order chi connectivity index (χ0) is 21.5. The van der Waals surface area contributed by atoms with Crippen LogP contribution in [0.1, 0.15) is 75.0 Å². The van der Waals surface area contributed by atoms with Crippen molar-refractivity contribution in [3.63, 3.8) is 0 Å². The molecule has 1 unspecified atom stereocenters. The van der Waals surface area contributed by atoms with Gasteiger partial charge in [0.15, 0.2) is 5.82 Å². The van der Waals surface area contributed by atoms with Crippen molar-refractivity contribution in [2.45, 2.75) is 71.9 Å². The summed E-state index contributed by atoms with van der Waals surface area (Å²) in [5, 5.41) is 13.9. The average Bonchev–Trinajstić information content (AvgIpc) is 3.20. The summed E-state index contributed by atoms with van der Waals surface area (Å²) in [6.07, 6.45) is 4.36. The zero-order valence-electron chi connectivity index (χ0n) is 18.7. The van der Waals surface area contributed by atoms with E-state index in [9.17, 15) is 4.79 Å². The lowest BCUT2D eigenvalue weighted by molar-refractivity contribution is 0.167. The van der Waals surface area contributed by atoms with Gasteiger partial charge >= 0.3 is 0 Å². The Balaban J connectivity index is 1.93. The Bertz CT molecular complexity index is 1110. The maximum absolute atomic E-state index is 13.3. The van der Waals surface area contributed by atoms with E-state index in [-0.39, 0.29) is 17.1 Å². The second-order valence-corrected chi connectivity index (χ2v) is 9.21. The molecule has 7 nitrogen and oxygen atoms in total. The maximum atomic E-state index is 13.3. The summed E-state index contributed by atoms with van der Waals surface area (Å²) < 4.78 is 1.91. The van der Waals surface area contributed by atoms with Crippen LogP contribution in [0.25, 0.3) is 10.9 Å². The Morgan fingerprint density at radius 3 is 2.57 bits per heavy atom. The molecule has 1 fully saturated rings. The molecule has 1 atom stereocenters. The lowest BCUT2D eigenvalue weighted by Gasteiger charge is -2.35. The molecule has 4 rings (SSSR count). The first-order valence-corrected chi connectivity index (χ1v) is 11.0. The highest BCUT2D eigenvalue weighted by atomic mass is 16.1. The van der Waals surface area contributed by atoms with E-state index in [1.807, 2.05) is 10.7 Å². The molecular weight excluding hydrogens is 376 g/mol. The van der Waals surface area contributed by atoms with E-state index >= 15 is 0 Å². The Hall–Kier alpha value is -2.54. The highest BCUT2D eigenvalue weighted by Gasteiger charge is 2.34. The van der Waals surface area contributed by atoms with Gasteiger partial charge in [0.2, 0.25) is 0 Å². The molecule has 1 aliphatic rings. The molecule has 160 valence electrons. The van der Waals surface area contributed by atoms with Crippen molar-refractivity contribution in [2.24, 2.45) is 0 Å². The zero-order valence-corrected chi connectivity index (χ0v) is 18.7. The number of pyridine rings is 1. The van der Waals surface area contributed by atoms with Gasteiger partial charge in [-0.25, -0.2) is 4.68 Å². The molecule has 1 saturated heterocycles. The Morgan fingerprint density at radius 2 is 1.87 bits per heavy atom. The fourth-order valence-electron chi connectivity index (χ4n) is 4.51. The predicted octanol–water partition coefficient (Wildman–Crippen LogP) is 3.85. The first kappa shape index (κ1) is 20.7. The van der Waals surface area contributed by atoms with Crippen molar-refractivity contribution in [1.82, 2.24) is 30.1 Å². The van der Waals surface area contributed by atoms with Crippen LogP contribution in [0, 0.1) is 13.8 Å². The van der Waals surface area contributed by atoms with Crippen LogP contribution in [0.15, 0.2) is 23.0 Å². The molecule has 30 heavy (non-hydrogen) atoms. The fourth-order valence-corrected chi connectivity index (χ4v) is 4.51. The Kier molecular flexibility index (Phi) is 5.49. The molecule has 1 N–H and O–H groups in total. The van der Waals surface area contributed by atoms with E-state index in [4.69, 9.17) is 0 Å². The topological polar surface area (TPSA) is 79.7 Å². The standard InChI is InChI=1S/C23H32N6O/c1-6-23(4,5)29-21(25-26-27-29)20(28-10-8-7-9-11-28)18-14-17-16(3)12-15(2)13-19(17)24-22(18)30/h12-14,20H,6-11H2,1-5H3,(H,24,30). The number of rotatable bonds is 5. The minimum absolute atomic E-state index is 0.0630. The van der Waals surface area contributed by atoms with Gasteiger partial charge < -0.3 is 4.98 Å². The van der Waals surface area contributed by atoms with E-state index in [1.165, 1.54) is 6.42 Å². The minimum atomic E-state index is -0.264. The van der Waals surface area contributed by atoms with Crippen molar-refractivity contribution >= 4 is 10.9 Å². The van der Waals surface area contributed by atoms with Crippen LogP contribution in [0.3, 0.4) is 0 Å². The summed E-state index contributed by atoms with van der Waals surface area (Å²) in [4.78, 5) is 18.8. The summed E-state index contributed by atoms with van der Waals surface area (Å²) >= 11 is 0. The van der Waals surface area contributed by atoms with Crippen LogP contribution in [-0.4, -0.2) is 43.2 Å². The number of fused-ring (bicyclic) bond motifs is 1. The van der Waals surface area contributed by atoms with E-state index in [0.717, 1.165) is 65.8 Å². The third-order valence-corrected chi connectivity index (χ3v) is 6.57. The van der Waals surface area contributed by atoms with Crippen LogP contribution in [0.5, 0.6) is 0 Å². The molecule has 7 heteroatoms. The third kappa shape index (κ3) is 3.67. The van der Waals surface area contributed by atoms with Crippen molar-refractivity contribution in [3.05, 3.63) is 51.1 Å². The number of aryl methyl sites for hydroxylation is 2. The number of hydrogen-bond acceptors (Lipinski definition) is 5. The smallest absolute Gasteiger partial charge is 0.253 e. The van der Waals surface area contributed by atoms with E-state index in [0.29, 0.717) is 0 Å². The molecule has 0 saturated carbocycles. The van der Waals surface area contributed by atoms with Gasteiger partial charge in [0, 0.05) is 16.5 Å². The van der Waals surface area contributed by atoms with Crippen LogP contribution in [0.2, 0.25) is 0 Å². The molecule has 3 aromatic rings. The van der Waals surface area contributed by atoms with Gasteiger partial charge in [0.05, 0.1) is 5.54 Å². The molecule has 2 aromatic heterocycles. The molecule has 1 aromatic carbocycles. The number of tetrazole rings is 1. The number of nitrogens with zero attached hydrogens (tertiary/aromatic N) is 5. The summed E-state index contributed by atoms with van der Waals surface area (Å²) in [6, 6.07) is 5.98. The minimum Gasteiger partial charge on any atom is -0.322 e. The van der Waals surface area contributed by atoms with Crippen LogP contribution in [0.4, 0.5) is 0 Å². The fraction of sp³-hybridized carbons (Fsp3) is 0.565. The molecule has 0 radical (unpaired) electrons. The van der Waals surface area contributed by atoms with Gasteiger partial charge in [-0.2, -0.15) is 0 Å². The molecular formula is C23H32N6O. The summed E-state index contributed by atoms with van der Waals surface area (Å²) in [5.74, 6) is 0.748. The van der Waals surface area contributed by atoms with Crippen LogP contribution < -0.4 is 5.56 Å². The van der Waals surface area contributed by atoms with Crippen LogP contribution in [-0.2, 0) is 5.54 Å².